The van der Waals surface area contributed by atoms with Crippen molar-refractivity contribution in [2.75, 3.05) is 5.73 Å². The molecule has 0 aliphatic rings. The van der Waals surface area contributed by atoms with Crippen LogP contribution in [0.1, 0.15) is 21.5 Å². The Balaban J connectivity index is 2.51. The van der Waals surface area contributed by atoms with E-state index in [9.17, 15) is 13.6 Å². The molecule has 0 spiro atoms. The fraction of sp³-hybridized carbons (Fsp3) is 0.0714. The molecule has 0 saturated carbocycles. The average molecular weight is 247 g/mol. The molecule has 0 radical (unpaired) electrons. The Kier molecular flexibility index (Phi) is 3.10. The quantitative estimate of drug-likeness (QED) is 0.654. The first-order valence-electron chi connectivity index (χ1n) is 5.35. The summed E-state index contributed by atoms with van der Waals surface area (Å²) in [6, 6.07) is 7.49. The Morgan fingerprint density at radius 3 is 2.44 bits per heavy atom. The summed E-state index contributed by atoms with van der Waals surface area (Å²) in [4.78, 5) is 12.1. The Morgan fingerprint density at radius 2 is 1.78 bits per heavy atom. The summed E-state index contributed by atoms with van der Waals surface area (Å²) >= 11 is 0. The smallest absolute Gasteiger partial charge is 0.196 e. The van der Waals surface area contributed by atoms with Gasteiger partial charge in [0, 0.05) is 11.3 Å². The number of nitrogen functional groups attached to an aromatic ring is 1. The largest absolute Gasteiger partial charge is 0.399 e. The molecule has 2 N–H and O–H groups in total. The molecule has 0 saturated heterocycles. The van der Waals surface area contributed by atoms with Crippen LogP contribution in [0.2, 0.25) is 0 Å². The van der Waals surface area contributed by atoms with Crippen LogP contribution in [-0.2, 0) is 0 Å². The molecule has 2 nitrogen and oxygen atoms in total. The number of hydrogen-bond donors (Lipinski definition) is 1. The first-order chi connectivity index (χ1) is 8.49. The molecule has 0 bridgehead atoms. The van der Waals surface area contributed by atoms with Crippen molar-refractivity contribution in [3.8, 4) is 0 Å². The van der Waals surface area contributed by atoms with E-state index in [1.165, 1.54) is 6.07 Å². The van der Waals surface area contributed by atoms with Crippen LogP contribution in [0.5, 0.6) is 0 Å². The van der Waals surface area contributed by atoms with Gasteiger partial charge in [-0.15, -0.1) is 0 Å². The van der Waals surface area contributed by atoms with E-state index in [0.29, 0.717) is 16.8 Å². The van der Waals surface area contributed by atoms with Crippen LogP contribution >= 0.6 is 0 Å². The minimum atomic E-state index is -0.738. The first-order valence-corrected chi connectivity index (χ1v) is 5.35. The third-order valence-electron chi connectivity index (χ3n) is 2.67. The zero-order valence-electron chi connectivity index (χ0n) is 9.71. The first kappa shape index (κ1) is 12.2. The lowest BCUT2D eigenvalue weighted by Gasteiger charge is -2.07. The molecule has 2 aromatic carbocycles. The van der Waals surface area contributed by atoms with Gasteiger partial charge in [-0.25, -0.2) is 8.78 Å². The fourth-order valence-electron chi connectivity index (χ4n) is 1.76. The van der Waals surface area contributed by atoms with E-state index in [2.05, 4.69) is 0 Å². The third-order valence-corrected chi connectivity index (χ3v) is 2.67. The van der Waals surface area contributed by atoms with Crippen molar-refractivity contribution in [3.05, 3.63) is 64.7 Å². The molecule has 0 amide bonds. The number of halogens is 2. The molecule has 92 valence electrons. The second-order valence-corrected chi connectivity index (χ2v) is 4.03. The van der Waals surface area contributed by atoms with E-state index in [1.807, 2.05) is 0 Å². The Morgan fingerprint density at radius 1 is 1.06 bits per heavy atom. The standard InChI is InChI=1S/C14H11F2NO/c1-8-6-10(17)3-4-11(8)14(18)12-7-9(15)2-5-13(12)16/h2-7H,17H2,1H3. The molecule has 0 aliphatic heterocycles. The Bertz CT molecular complexity index is 623. The lowest BCUT2D eigenvalue weighted by atomic mass is 9.98. The highest BCUT2D eigenvalue weighted by molar-refractivity contribution is 6.10. The van der Waals surface area contributed by atoms with Crippen LogP contribution in [0.15, 0.2) is 36.4 Å². The van der Waals surface area contributed by atoms with Crippen LogP contribution in [0.25, 0.3) is 0 Å². The number of carbonyl (C=O) groups is 1. The van der Waals surface area contributed by atoms with Crippen molar-refractivity contribution in [1.29, 1.82) is 0 Å². The van der Waals surface area contributed by atoms with E-state index in [0.717, 1.165) is 18.2 Å². The van der Waals surface area contributed by atoms with Crippen LogP contribution in [0.3, 0.4) is 0 Å². The van der Waals surface area contributed by atoms with Crippen LogP contribution in [0, 0.1) is 18.6 Å². The fourth-order valence-corrected chi connectivity index (χ4v) is 1.76. The lowest BCUT2D eigenvalue weighted by molar-refractivity contribution is 0.103. The summed E-state index contributed by atoms with van der Waals surface area (Å²) in [5.41, 5.74) is 6.76. The minimum Gasteiger partial charge on any atom is -0.399 e. The zero-order chi connectivity index (χ0) is 13.3. The van der Waals surface area contributed by atoms with Gasteiger partial charge >= 0.3 is 0 Å². The Labute approximate surface area is 103 Å². The highest BCUT2D eigenvalue weighted by atomic mass is 19.1. The molecular weight excluding hydrogens is 236 g/mol. The van der Waals surface area contributed by atoms with Crippen molar-refractivity contribution >= 4 is 11.5 Å². The van der Waals surface area contributed by atoms with Crippen LogP contribution in [-0.4, -0.2) is 5.78 Å². The molecule has 0 fully saturated rings. The van der Waals surface area contributed by atoms with Gasteiger partial charge < -0.3 is 5.73 Å². The van der Waals surface area contributed by atoms with Gasteiger partial charge in [-0.2, -0.15) is 0 Å². The van der Waals surface area contributed by atoms with E-state index in [4.69, 9.17) is 5.73 Å². The third kappa shape index (κ3) is 2.22. The number of anilines is 1. The van der Waals surface area contributed by atoms with Crippen molar-refractivity contribution in [2.24, 2.45) is 0 Å². The maximum atomic E-state index is 13.5. The summed E-state index contributed by atoms with van der Waals surface area (Å²) in [7, 11) is 0. The second kappa shape index (κ2) is 4.56. The van der Waals surface area contributed by atoms with E-state index in [-0.39, 0.29) is 5.56 Å². The van der Waals surface area contributed by atoms with Crippen LogP contribution in [0.4, 0.5) is 14.5 Å². The van der Waals surface area contributed by atoms with Gasteiger partial charge in [0.25, 0.3) is 0 Å². The van der Waals surface area contributed by atoms with Gasteiger partial charge in [0.15, 0.2) is 5.78 Å². The van der Waals surface area contributed by atoms with E-state index >= 15 is 0 Å². The van der Waals surface area contributed by atoms with Crippen molar-refractivity contribution in [2.45, 2.75) is 6.92 Å². The minimum absolute atomic E-state index is 0.275. The number of nitrogens with two attached hydrogens (primary N) is 1. The van der Waals surface area contributed by atoms with Crippen molar-refractivity contribution in [3.63, 3.8) is 0 Å². The topological polar surface area (TPSA) is 43.1 Å². The zero-order valence-corrected chi connectivity index (χ0v) is 9.71. The van der Waals surface area contributed by atoms with Crippen LogP contribution < -0.4 is 5.73 Å². The molecule has 0 atom stereocenters. The molecular formula is C14H11F2NO. The van der Waals surface area contributed by atoms with Crippen molar-refractivity contribution < 1.29 is 13.6 Å². The van der Waals surface area contributed by atoms with Gasteiger partial charge in [0.1, 0.15) is 11.6 Å². The normalized spacial score (nSPS) is 10.4. The highest BCUT2D eigenvalue weighted by Crippen LogP contribution is 2.19. The maximum Gasteiger partial charge on any atom is 0.196 e. The van der Waals surface area contributed by atoms with Gasteiger partial charge in [0.2, 0.25) is 0 Å². The van der Waals surface area contributed by atoms with Gasteiger partial charge in [-0.1, -0.05) is 0 Å². The molecule has 0 aromatic heterocycles. The molecule has 18 heavy (non-hydrogen) atoms. The SMILES string of the molecule is Cc1cc(N)ccc1C(=O)c1cc(F)ccc1F. The van der Waals surface area contributed by atoms with Crippen molar-refractivity contribution in [1.82, 2.24) is 0 Å². The number of benzene rings is 2. The van der Waals surface area contributed by atoms with Gasteiger partial charge in [0.05, 0.1) is 5.56 Å². The maximum absolute atomic E-state index is 13.5. The van der Waals surface area contributed by atoms with E-state index in [1.54, 1.807) is 19.1 Å². The lowest BCUT2D eigenvalue weighted by Crippen LogP contribution is -2.07. The number of ketones is 1. The average Bonchev–Trinajstić information content (AvgIpc) is 2.31. The molecule has 2 aromatic rings. The summed E-state index contributed by atoms with van der Waals surface area (Å²) in [5, 5.41) is 0. The number of rotatable bonds is 2. The predicted molar refractivity (Wildman–Crippen MR) is 65.4 cm³/mol. The summed E-state index contributed by atoms with van der Waals surface area (Å²) in [6.45, 7) is 1.70. The predicted octanol–water partition coefficient (Wildman–Crippen LogP) is 3.09. The second-order valence-electron chi connectivity index (χ2n) is 4.03. The van der Waals surface area contributed by atoms with E-state index < -0.39 is 17.4 Å². The summed E-state index contributed by atoms with van der Waals surface area (Å²) in [5.74, 6) is -1.94. The molecule has 0 heterocycles. The highest BCUT2D eigenvalue weighted by Gasteiger charge is 2.16. The summed E-state index contributed by atoms with van der Waals surface area (Å²) in [6.07, 6.45) is 0. The van der Waals surface area contributed by atoms with Gasteiger partial charge in [-0.05, 0) is 48.9 Å². The number of carbonyl (C=O) groups excluding carboxylic acids is 1. The summed E-state index contributed by atoms with van der Waals surface area (Å²) < 4.78 is 26.6. The monoisotopic (exact) mass is 247 g/mol. The molecule has 2 rings (SSSR count). The number of aryl methyl sites for hydroxylation is 1. The molecule has 4 heteroatoms. The molecule has 0 unspecified atom stereocenters. The van der Waals surface area contributed by atoms with Gasteiger partial charge in [-0.3, -0.25) is 4.79 Å². The molecule has 0 aliphatic carbocycles. The number of hydrogen-bond acceptors (Lipinski definition) is 2. The Hall–Kier alpha value is -2.23.